The molecule has 0 aliphatic heterocycles. The zero-order valence-corrected chi connectivity index (χ0v) is 20.7. The first-order valence-electron chi connectivity index (χ1n) is 11.0. The molecule has 1 aromatic rings. The van der Waals surface area contributed by atoms with E-state index in [9.17, 15) is 18.3 Å². The van der Waals surface area contributed by atoms with Gasteiger partial charge in [-0.15, -0.1) is 0 Å². The predicted octanol–water partition coefficient (Wildman–Crippen LogP) is 3.74. The van der Waals surface area contributed by atoms with Crippen LogP contribution < -0.4 is 5.32 Å². The molecule has 3 rings (SSSR count). The minimum absolute atomic E-state index is 0.0971. The third-order valence-corrected chi connectivity index (χ3v) is 9.80. The normalized spacial score (nSPS) is 29.1. The van der Waals surface area contributed by atoms with Gasteiger partial charge < -0.3 is 10.4 Å². The molecule has 1 amide bonds. The summed E-state index contributed by atoms with van der Waals surface area (Å²) in [6.07, 6.45) is 4.47. The molecule has 31 heavy (non-hydrogen) atoms. The van der Waals surface area contributed by atoms with E-state index in [1.165, 1.54) is 13.1 Å². The summed E-state index contributed by atoms with van der Waals surface area (Å²) in [5, 5.41) is 14.3. The fourth-order valence-corrected chi connectivity index (χ4v) is 7.47. The Labute approximate surface area is 191 Å². The van der Waals surface area contributed by atoms with Crippen molar-refractivity contribution in [2.24, 2.45) is 17.8 Å². The quantitative estimate of drug-likeness (QED) is 0.663. The molecule has 0 heterocycles. The third-order valence-electron chi connectivity index (χ3n) is 7.22. The van der Waals surface area contributed by atoms with Crippen LogP contribution in [0.25, 0.3) is 0 Å². The van der Waals surface area contributed by atoms with Gasteiger partial charge in [-0.3, -0.25) is 4.79 Å². The third kappa shape index (κ3) is 4.95. The van der Waals surface area contributed by atoms with E-state index in [-0.39, 0.29) is 16.7 Å². The van der Waals surface area contributed by atoms with Crippen LogP contribution in [0.3, 0.4) is 0 Å². The standard InChI is InChI=1S/C23H35ClN2O4S/c1-15-9-17-10-18(13-23(28,11-15)12-17)14-25-21(27)22(3,4)26(5)31(29,30)20-8-6-7-19(24)16(20)2/h6-8,15,17-18,28H,9-14H2,1-5H3,(H,25,27). The number of fused-ring (bicyclic) bond motifs is 2. The Morgan fingerprint density at radius 1 is 1.29 bits per heavy atom. The SMILES string of the molecule is Cc1c(Cl)cccc1S(=O)(=O)N(C)C(C)(C)C(=O)NCC1CC2CC(C)CC(O)(C1)C2. The van der Waals surface area contributed by atoms with Crippen molar-refractivity contribution in [3.05, 3.63) is 28.8 Å². The monoisotopic (exact) mass is 470 g/mol. The molecule has 2 saturated carbocycles. The first-order chi connectivity index (χ1) is 14.3. The summed E-state index contributed by atoms with van der Waals surface area (Å²) < 4.78 is 27.6. The van der Waals surface area contributed by atoms with Crippen molar-refractivity contribution in [3.8, 4) is 0 Å². The summed E-state index contributed by atoms with van der Waals surface area (Å²) >= 11 is 6.11. The van der Waals surface area contributed by atoms with Crippen LogP contribution in [-0.2, 0) is 14.8 Å². The van der Waals surface area contributed by atoms with E-state index < -0.39 is 21.2 Å². The van der Waals surface area contributed by atoms with Crippen molar-refractivity contribution < 1.29 is 18.3 Å². The second-order valence-electron chi connectivity index (χ2n) is 10.2. The van der Waals surface area contributed by atoms with Crippen LogP contribution >= 0.6 is 11.6 Å². The van der Waals surface area contributed by atoms with Crippen molar-refractivity contribution in [2.45, 2.75) is 75.8 Å². The highest BCUT2D eigenvalue weighted by molar-refractivity contribution is 7.89. The second-order valence-corrected chi connectivity index (χ2v) is 12.6. The van der Waals surface area contributed by atoms with Crippen LogP contribution in [0.15, 0.2) is 23.1 Å². The van der Waals surface area contributed by atoms with Gasteiger partial charge in [0.2, 0.25) is 15.9 Å². The number of hydrogen-bond acceptors (Lipinski definition) is 4. The number of sulfonamides is 1. The highest BCUT2D eigenvalue weighted by Gasteiger charge is 2.45. The molecular weight excluding hydrogens is 436 g/mol. The van der Waals surface area contributed by atoms with Gasteiger partial charge in [-0.25, -0.2) is 8.42 Å². The number of hydrogen-bond donors (Lipinski definition) is 2. The molecule has 2 aliphatic rings. The van der Waals surface area contributed by atoms with Crippen molar-refractivity contribution in [1.29, 1.82) is 0 Å². The predicted molar refractivity (Wildman–Crippen MR) is 122 cm³/mol. The number of likely N-dealkylation sites (N-methyl/N-ethyl adjacent to an activating group) is 1. The molecule has 0 saturated heterocycles. The highest BCUT2D eigenvalue weighted by Crippen LogP contribution is 2.47. The molecule has 0 spiro atoms. The average Bonchev–Trinajstić information content (AvgIpc) is 2.65. The van der Waals surface area contributed by atoms with Crippen molar-refractivity contribution >= 4 is 27.5 Å². The topological polar surface area (TPSA) is 86.7 Å². The first kappa shape index (κ1) is 24.5. The fraction of sp³-hybridized carbons (Fsp3) is 0.696. The number of benzene rings is 1. The van der Waals surface area contributed by atoms with Crippen LogP contribution in [0.4, 0.5) is 0 Å². The van der Waals surface area contributed by atoms with Crippen LogP contribution in [0, 0.1) is 24.7 Å². The molecule has 174 valence electrons. The number of rotatable bonds is 6. The van der Waals surface area contributed by atoms with Crippen molar-refractivity contribution in [3.63, 3.8) is 0 Å². The van der Waals surface area contributed by atoms with E-state index in [1.807, 2.05) is 0 Å². The Morgan fingerprint density at radius 3 is 2.61 bits per heavy atom. The van der Waals surface area contributed by atoms with Crippen molar-refractivity contribution in [2.75, 3.05) is 13.6 Å². The lowest BCUT2D eigenvalue weighted by Gasteiger charge is -2.47. The van der Waals surface area contributed by atoms with Gasteiger partial charge in [-0.05, 0) is 88.3 Å². The maximum atomic E-state index is 13.2. The number of nitrogens with zero attached hydrogens (tertiary/aromatic N) is 1. The molecule has 4 unspecified atom stereocenters. The lowest BCUT2D eigenvalue weighted by atomic mass is 9.62. The molecule has 2 aliphatic carbocycles. The van der Waals surface area contributed by atoms with Crippen LogP contribution in [0.5, 0.6) is 0 Å². The molecule has 0 aromatic heterocycles. The molecule has 0 radical (unpaired) electrons. The van der Waals surface area contributed by atoms with Crippen LogP contribution in [-0.4, -0.2) is 48.5 Å². The van der Waals surface area contributed by atoms with Gasteiger partial charge in [-0.2, -0.15) is 4.31 Å². The summed E-state index contributed by atoms with van der Waals surface area (Å²) in [4.78, 5) is 13.1. The molecule has 2 fully saturated rings. The van der Waals surface area contributed by atoms with Gasteiger partial charge in [0.25, 0.3) is 0 Å². The number of amides is 1. The maximum Gasteiger partial charge on any atom is 0.244 e. The molecule has 4 atom stereocenters. The largest absolute Gasteiger partial charge is 0.390 e. The van der Waals surface area contributed by atoms with Gasteiger partial charge in [0.1, 0.15) is 5.54 Å². The number of carbonyl (C=O) groups is 1. The smallest absolute Gasteiger partial charge is 0.244 e. The molecule has 2 N–H and O–H groups in total. The molecule has 1 aromatic carbocycles. The van der Waals surface area contributed by atoms with E-state index in [0.29, 0.717) is 35.4 Å². The lowest BCUT2D eigenvalue weighted by molar-refractivity contribution is -0.129. The minimum atomic E-state index is -3.92. The highest BCUT2D eigenvalue weighted by atomic mass is 35.5. The number of carbonyl (C=O) groups excluding carboxylic acids is 1. The van der Waals surface area contributed by atoms with Gasteiger partial charge in [0.15, 0.2) is 0 Å². The summed E-state index contributed by atoms with van der Waals surface area (Å²) in [5.74, 6) is 0.876. The maximum absolute atomic E-state index is 13.2. The zero-order chi connectivity index (χ0) is 23.2. The lowest BCUT2D eigenvalue weighted by Crippen LogP contribution is -2.56. The van der Waals surface area contributed by atoms with Gasteiger partial charge >= 0.3 is 0 Å². The summed E-state index contributed by atoms with van der Waals surface area (Å²) in [6, 6.07) is 4.74. The number of halogens is 1. The second kappa shape index (κ2) is 8.65. The Morgan fingerprint density at radius 2 is 1.97 bits per heavy atom. The molecule has 2 bridgehead atoms. The molecule has 6 nitrogen and oxygen atoms in total. The van der Waals surface area contributed by atoms with E-state index in [0.717, 1.165) is 30.0 Å². The summed E-state index contributed by atoms with van der Waals surface area (Å²) in [7, 11) is -2.50. The fourth-order valence-electron chi connectivity index (χ4n) is 5.51. The number of nitrogens with one attached hydrogen (secondary N) is 1. The summed E-state index contributed by atoms with van der Waals surface area (Å²) in [5.41, 5.74) is -1.46. The zero-order valence-electron chi connectivity index (χ0n) is 19.1. The minimum Gasteiger partial charge on any atom is -0.390 e. The molecular formula is C23H35ClN2O4S. The average molecular weight is 471 g/mol. The van der Waals surface area contributed by atoms with Gasteiger partial charge in [-0.1, -0.05) is 24.6 Å². The Kier molecular flexibility index (Phi) is 6.84. The Balaban J connectivity index is 1.69. The van der Waals surface area contributed by atoms with Gasteiger partial charge in [0, 0.05) is 18.6 Å². The summed E-state index contributed by atoms with van der Waals surface area (Å²) in [6.45, 7) is 7.50. The van der Waals surface area contributed by atoms with Crippen LogP contribution in [0.1, 0.15) is 58.4 Å². The molecule has 8 heteroatoms. The Bertz CT molecular complexity index is 945. The van der Waals surface area contributed by atoms with E-state index >= 15 is 0 Å². The van der Waals surface area contributed by atoms with Crippen molar-refractivity contribution in [1.82, 2.24) is 9.62 Å². The Hall–Kier alpha value is -1.15. The van der Waals surface area contributed by atoms with Gasteiger partial charge in [0.05, 0.1) is 10.5 Å². The number of aliphatic hydroxyl groups is 1. The van der Waals surface area contributed by atoms with E-state index in [1.54, 1.807) is 32.9 Å². The van der Waals surface area contributed by atoms with E-state index in [2.05, 4.69) is 12.2 Å². The van der Waals surface area contributed by atoms with Crippen LogP contribution in [0.2, 0.25) is 5.02 Å². The first-order valence-corrected chi connectivity index (χ1v) is 12.8. The van der Waals surface area contributed by atoms with E-state index in [4.69, 9.17) is 11.6 Å².